The monoisotopic (exact) mass is 346 g/mol. The highest BCUT2D eigenvalue weighted by Crippen LogP contribution is 2.05. The molecule has 3 rings (SSSR count). The molecule has 5 nitrogen and oxygen atoms in total. The first kappa shape index (κ1) is 17.6. The average molecular weight is 346 g/mol. The lowest BCUT2D eigenvalue weighted by atomic mass is 10.1. The molecule has 0 unspecified atom stereocenters. The molecule has 0 fully saturated rings. The van der Waals surface area contributed by atoms with Crippen molar-refractivity contribution in [3.8, 4) is 0 Å². The van der Waals surface area contributed by atoms with Gasteiger partial charge in [0.25, 0.3) is 5.91 Å². The van der Waals surface area contributed by atoms with Crippen molar-refractivity contribution in [2.24, 2.45) is 0 Å². The molecule has 1 aromatic heterocycles. The Morgan fingerprint density at radius 2 is 1.58 bits per heavy atom. The molecule has 0 atom stereocenters. The molecule has 0 bridgehead atoms. The maximum atomic E-state index is 12.3. The summed E-state index contributed by atoms with van der Waals surface area (Å²) in [6, 6.07) is 21.8. The molecule has 2 N–H and O–H groups in total. The number of aromatic nitrogens is 2. The first-order valence-corrected chi connectivity index (χ1v) is 8.74. The summed E-state index contributed by atoms with van der Waals surface area (Å²) < 4.78 is 0. The minimum absolute atomic E-state index is 0.205. The molecule has 26 heavy (non-hydrogen) atoms. The van der Waals surface area contributed by atoms with Crippen molar-refractivity contribution in [2.45, 2.75) is 19.4 Å². The molecule has 0 saturated heterocycles. The van der Waals surface area contributed by atoms with E-state index in [1.54, 1.807) is 12.3 Å². The summed E-state index contributed by atoms with van der Waals surface area (Å²) in [6.45, 7) is 1.23. The second kappa shape index (κ2) is 9.32. The molecule has 0 spiro atoms. The van der Waals surface area contributed by atoms with E-state index in [4.69, 9.17) is 0 Å². The summed E-state index contributed by atoms with van der Waals surface area (Å²) >= 11 is 0. The van der Waals surface area contributed by atoms with Crippen molar-refractivity contribution in [2.75, 3.05) is 11.9 Å². The molecular weight excluding hydrogens is 324 g/mol. The lowest BCUT2D eigenvalue weighted by molar-refractivity contribution is 0.0946. The second-order valence-electron chi connectivity index (χ2n) is 5.95. The Morgan fingerprint density at radius 1 is 0.885 bits per heavy atom. The number of anilines is 1. The predicted molar refractivity (Wildman–Crippen MR) is 103 cm³/mol. The van der Waals surface area contributed by atoms with Crippen LogP contribution in [0.4, 0.5) is 5.95 Å². The fourth-order valence-corrected chi connectivity index (χ4v) is 2.58. The first-order chi connectivity index (χ1) is 12.8. The SMILES string of the molecule is O=C(NCc1ccccc1)c1ccnc(NCCCc2ccccc2)n1. The van der Waals surface area contributed by atoms with E-state index >= 15 is 0 Å². The Hall–Kier alpha value is -3.21. The number of amides is 1. The third kappa shape index (κ3) is 5.41. The van der Waals surface area contributed by atoms with E-state index in [1.807, 2.05) is 48.5 Å². The van der Waals surface area contributed by atoms with Gasteiger partial charge in [-0.1, -0.05) is 60.7 Å². The fraction of sp³-hybridized carbons (Fsp3) is 0.190. The zero-order valence-corrected chi connectivity index (χ0v) is 14.6. The highest BCUT2D eigenvalue weighted by molar-refractivity contribution is 5.92. The van der Waals surface area contributed by atoms with Crippen LogP contribution in [0.5, 0.6) is 0 Å². The molecule has 1 heterocycles. The van der Waals surface area contributed by atoms with Crippen LogP contribution in [0.3, 0.4) is 0 Å². The summed E-state index contributed by atoms with van der Waals surface area (Å²) in [6.07, 6.45) is 3.56. The Balaban J connectivity index is 1.47. The fourth-order valence-electron chi connectivity index (χ4n) is 2.58. The number of carbonyl (C=O) groups excluding carboxylic acids is 1. The van der Waals surface area contributed by atoms with Crippen LogP contribution in [0.15, 0.2) is 72.9 Å². The lowest BCUT2D eigenvalue weighted by Gasteiger charge is -2.07. The van der Waals surface area contributed by atoms with Gasteiger partial charge in [-0.15, -0.1) is 0 Å². The lowest BCUT2D eigenvalue weighted by Crippen LogP contribution is -2.24. The van der Waals surface area contributed by atoms with Crippen molar-refractivity contribution >= 4 is 11.9 Å². The van der Waals surface area contributed by atoms with Gasteiger partial charge in [-0.05, 0) is 30.0 Å². The summed E-state index contributed by atoms with van der Waals surface area (Å²) in [5, 5.41) is 6.06. The summed E-state index contributed by atoms with van der Waals surface area (Å²) in [4.78, 5) is 20.7. The van der Waals surface area contributed by atoms with Gasteiger partial charge in [-0.25, -0.2) is 9.97 Å². The summed E-state index contributed by atoms with van der Waals surface area (Å²) in [5.74, 6) is 0.272. The van der Waals surface area contributed by atoms with Crippen LogP contribution in [0, 0.1) is 0 Å². The van der Waals surface area contributed by atoms with Gasteiger partial charge in [0.2, 0.25) is 5.95 Å². The molecule has 0 aliphatic heterocycles. The van der Waals surface area contributed by atoms with Gasteiger partial charge >= 0.3 is 0 Å². The normalized spacial score (nSPS) is 10.3. The van der Waals surface area contributed by atoms with Crippen LogP contribution in [0.2, 0.25) is 0 Å². The van der Waals surface area contributed by atoms with E-state index in [2.05, 4.69) is 32.7 Å². The second-order valence-corrected chi connectivity index (χ2v) is 5.95. The number of rotatable bonds is 8. The highest BCUT2D eigenvalue weighted by atomic mass is 16.1. The van der Waals surface area contributed by atoms with E-state index in [0.29, 0.717) is 18.2 Å². The zero-order chi connectivity index (χ0) is 18.0. The Bertz CT molecular complexity index is 822. The molecule has 5 heteroatoms. The van der Waals surface area contributed by atoms with Gasteiger partial charge in [0.15, 0.2) is 0 Å². The number of hydrogen-bond donors (Lipinski definition) is 2. The molecular formula is C21H22N4O. The maximum absolute atomic E-state index is 12.3. The number of benzene rings is 2. The van der Waals surface area contributed by atoms with Crippen LogP contribution >= 0.6 is 0 Å². The van der Waals surface area contributed by atoms with Gasteiger partial charge in [0.1, 0.15) is 5.69 Å². The Kier molecular flexibility index (Phi) is 6.31. The number of aryl methyl sites for hydroxylation is 1. The number of nitrogens with one attached hydrogen (secondary N) is 2. The molecule has 3 aromatic rings. The van der Waals surface area contributed by atoms with E-state index in [-0.39, 0.29) is 5.91 Å². The van der Waals surface area contributed by atoms with Gasteiger partial charge in [0.05, 0.1) is 0 Å². The zero-order valence-electron chi connectivity index (χ0n) is 14.6. The van der Waals surface area contributed by atoms with E-state index in [1.165, 1.54) is 5.56 Å². The van der Waals surface area contributed by atoms with Crippen LogP contribution < -0.4 is 10.6 Å². The minimum Gasteiger partial charge on any atom is -0.354 e. The van der Waals surface area contributed by atoms with Crippen molar-refractivity contribution < 1.29 is 4.79 Å². The minimum atomic E-state index is -0.205. The van der Waals surface area contributed by atoms with Gasteiger partial charge in [0, 0.05) is 19.3 Å². The molecule has 0 aliphatic rings. The van der Waals surface area contributed by atoms with E-state index < -0.39 is 0 Å². The van der Waals surface area contributed by atoms with Crippen LogP contribution in [0.1, 0.15) is 28.0 Å². The van der Waals surface area contributed by atoms with Crippen molar-refractivity contribution in [1.29, 1.82) is 0 Å². The van der Waals surface area contributed by atoms with E-state index in [0.717, 1.165) is 24.9 Å². The van der Waals surface area contributed by atoms with Gasteiger partial charge < -0.3 is 10.6 Å². The van der Waals surface area contributed by atoms with Crippen LogP contribution in [0.25, 0.3) is 0 Å². The topological polar surface area (TPSA) is 66.9 Å². The van der Waals surface area contributed by atoms with Crippen molar-refractivity contribution in [3.05, 3.63) is 89.7 Å². The summed E-state index contributed by atoms with van der Waals surface area (Å²) in [7, 11) is 0. The molecule has 2 aromatic carbocycles. The standard InChI is InChI=1S/C21H22N4O/c26-20(24-16-18-10-5-2-6-11-18)19-13-15-23-21(25-19)22-14-7-12-17-8-3-1-4-9-17/h1-6,8-11,13,15H,7,12,14,16H2,(H,24,26)(H,22,23,25). The quantitative estimate of drug-likeness (QED) is 0.613. The van der Waals surface area contributed by atoms with E-state index in [9.17, 15) is 4.79 Å². The third-order valence-electron chi connectivity index (χ3n) is 3.95. The number of hydrogen-bond acceptors (Lipinski definition) is 4. The van der Waals surface area contributed by atoms with Crippen LogP contribution in [-0.4, -0.2) is 22.4 Å². The highest BCUT2D eigenvalue weighted by Gasteiger charge is 2.08. The number of nitrogens with zero attached hydrogens (tertiary/aromatic N) is 2. The molecule has 0 saturated carbocycles. The van der Waals surface area contributed by atoms with Crippen molar-refractivity contribution in [3.63, 3.8) is 0 Å². The molecule has 0 aliphatic carbocycles. The van der Waals surface area contributed by atoms with Gasteiger partial charge in [-0.3, -0.25) is 4.79 Å². The average Bonchev–Trinajstić information content (AvgIpc) is 2.71. The Labute approximate surface area is 153 Å². The largest absolute Gasteiger partial charge is 0.354 e. The molecule has 0 radical (unpaired) electrons. The van der Waals surface area contributed by atoms with Gasteiger partial charge in [-0.2, -0.15) is 0 Å². The molecule has 1 amide bonds. The number of carbonyl (C=O) groups is 1. The Morgan fingerprint density at radius 3 is 2.31 bits per heavy atom. The maximum Gasteiger partial charge on any atom is 0.270 e. The molecule has 132 valence electrons. The van der Waals surface area contributed by atoms with Crippen LogP contribution in [-0.2, 0) is 13.0 Å². The first-order valence-electron chi connectivity index (χ1n) is 8.74. The third-order valence-corrected chi connectivity index (χ3v) is 3.95. The predicted octanol–water partition coefficient (Wildman–Crippen LogP) is 3.45. The summed E-state index contributed by atoms with van der Waals surface area (Å²) in [5.41, 5.74) is 2.72. The smallest absolute Gasteiger partial charge is 0.270 e. The van der Waals surface area contributed by atoms with Crippen molar-refractivity contribution in [1.82, 2.24) is 15.3 Å².